The smallest absolute Gasteiger partial charge is 0.346 e. The van der Waals surface area contributed by atoms with Crippen LogP contribution in [0.1, 0.15) is 40.2 Å². The van der Waals surface area contributed by atoms with Gasteiger partial charge < -0.3 is 10.2 Å². The third-order valence-electron chi connectivity index (χ3n) is 5.53. The van der Waals surface area contributed by atoms with Gasteiger partial charge in [0.2, 0.25) is 11.3 Å². The van der Waals surface area contributed by atoms with Crippen LogP contribution in [0.15, 0.2) is 59.4 Å². The van der Waals surface area contributed by atoms with Gasteiger partial charge in [-0.25, -0.2) is 4.68 Å². The number of amides is 2. The number of alkyl halides is 3. The Balaban J connectivity index is 1.54. The van der Waals surface area contributed by atoms with Gasteiger partial charge in [0.15, 0.2) is 5.69 Å². The highest BCUT2D eigenvalue weighted by atomic mass is 19.4. The molecule has 1 saturated heterocycles. The summed E-state index contributed by atoms with van der Waals surface area (Å²) in [5.74, 6) is -0.739. The lowest BCUT2D eigenvalue weighted by Gasteiger charge is -2.17. The van der Waals surface area contributed by atoms with Gasteiger partial charge in [-0.05, 0) is 43.2 Å². The van der Waals surface area contributed by atoms with Gasteiger partial charge in [-0.15, -0.1) is 0 Å². The standard InChI is InChI=1S/C24H21F3N4O3/c1-15-13-20(32)22(29-31(15)19-6-3-2-5-18(19)24(25,26)27)23(34)28-14-16-8-10-17(11-9-16)30-12-4-7-21(30)33/h2-3,5-6,8-11,13H,4,7,12,14H2,1H3,(H,28,34). The van der Waals surface area contributed by atoms with E-state index in [0.29, 0.717) is 13.0 Å². The van der Waals surface area contributed by atoms with Crippen LogP contribution in [0.3, 0.4) is 0 Å². The van der Waals surface area contributed by atoms with Crippen LogP contribution < -0.4 is 15.6 Å². The SMILES string of the molecule is Cc1cc(=O)c(C(=O)NCc2ccc(N3CCCC3=O)cc2)nn1-c1ccccc1C(F)(F)F. The van der Waals surface area contributed by atoms with Crippen LogP contribution in [0.5, 0.6) is 0 Å². The molecule has 2 heterocycles. The van der Waals surface area contributed by atoms with E-state index < -0.39 is 28.8 Å². The summed E-state index contributed by atoms with van der Waals surface area (Å²) in [6, 6.07) is 12.9. The third kappa shape index (κ3) is 4.70. The first-order valence-corrected chi connectivity index (χ1v) is 10.6. The molecule has 2 amide bonds. The molecule has 7 nitrogen and oxygen atoms in total. The quantitative estimate of drug-likeness (QED) is 0.618. The molecule has 1 fully saturated rings. The third-order valence-corrected chi connectivity index (χ3v) is 5.53. The molecule has 1 N–H and O–H groups in total. The summed E-state index contributed by atoms with van der Waals surface area (Å²) in [6.07, 6.45) is -3.31. The van der Waals surface area contributed by atoms with Gasteiger partial charge in [-0.1, -0.05) is 24.3 Å². The second-order valence-electron chi connectivity index (χ2n) is 7.92. The Hall–Kier alpha value is -3.95. The summed E-state index contributed by atoms with van der Waals surface area (Å²) in [7, 11) is 0. The number of carbonyl (C=O) groups excluding carboxylic acids is 2. The van der Waals surface area contributed by atoms with Crippen LogP contribution in [0.4, 0.5) is 18.9 Å². The van der Waals surface area contributed by atoms with Crippen molar-refractivity contribution in [2.75, 3.05) is 11.4 Å². The van der Waals surface area contributed by atoms with Gasteiger partial charge in [0.1, 0.15) is 0 Å². The van der Waals surface area contributed by atoms with Gasteiger partial charge in [0.25, 0.3) is 5.91 Å². The zero-order chi connectivity index (χ0) is 24.5. The van der Waals surface area contributed by atoms with Crippen molar-refractivity contribution >= 4 is 17.5 Å². The zero-order valence-electron chi connectivity index (χ0n) is 18.2. The first-order valence-electron chi connectivity index (χ1n) is 10.6. The molecule has 0 atom stereocenters. The first-order chi connectivity index (χ1) is 16.1. The lowest BCUT2D eigenvalue weighted by atomic mass is 10.1. The van der Waals surface area contributed by atoms with Crippen molar-refractivity contribution in [2.45, 2.75) is 32.5 Å². The van der Waals surface area contributed by atoms with Gasteiger partial charge >= 0.3 is 6.18 Å². The van der Waals surface area contributed by atoms with E-state index in [1.54, 1.807) is 29.2 Å². The lowest BCUT2D eigenvalue weighted by molar-refractivity contribution is -0.137. The van der Waals surface area contributed by atoms with E-state index in [9.17, 15) is 27.6 Å². The van der Waals surface area contributed by atoms with Crippen molar-refractivity contribution in [3.05, 3.63) is 87.3 Å². The first kappa shape index (κ1) is 23.2. The Morgan fingerprint density at radius 2 is 1.79 bits per heavy atom. The highest BCUT2D eigenvalue weighted by molar-refractivity contribution is 5.95. The van der Waals surface area contributed by atoms with Crippen molar-refractivity contribution in [3.8, 4) is 5.69 Å². The number of nitrogens with zero attached hydrogens (tertiary/aromatic N) is 3. The Bertz CT molecular complexity index is 1300. The predicted octanol–water partition coefficient (Wildman–Crippen LogP) is 3.62. The molecule has 34 heavy (non-hydrogen) atoms. The minimum absolute atomic E-state index is 0.0647. The van der Waals surface area contributed by atoms with Crippen LogP contribution >= 0.6 is 0 Å². The van der Waals surface area contributed by atoms with Gasteiger partial charge in [-0.2, -0.15) is 18.3 Å². The Morgan fingerprint density at radius 1 is 1.09 bits per heavy atom. The highest BCUT2D eigenvalue weighted by Gasteiger charge is 2.34. The molecule has 176 valence electrons. The number of nitrogens with one attached hydrogen (secondary N) is 1. The van der Waals surface area contributed by atoms with Crippen molar-refractivity contribution < 1.29 is 22.8 Å². The number of carbonyl (C=O) groups is 2. The highest BCUT2D eigenvalue weighted by Crippen LogP contribution is 2.33. The predicted molar refractivity (Wildman–Crippen MR) is 119 cm³/mol. The van der Waals surface area contributed by atoms with E-state index in [1.165, 1.54) is 25.1 Å². The minimum Gasteiger partial charge on any atom is -0.346 e. The fraction of sp³-hybridized carbons (Fsp3) is 0.250. The van der Waals surface area contributed by atoms with E-state index in [0.717, 1.165) is 34.5 Å². The average molecular weight is 470 g/mol. The van der Waals surface area contributed by atoms with Crippen LogP contribution in [0, 0.1) is 6.92 Å². The number of hydrogen-bond donors (Lipinski definition) is 1. The second kappa shape index (κ2) is 9.12. The Labute approximate surface area is 192 Å². The van der Waals surface area contributed by atoms with Crippen LogP contribution in [0.2, 0.25) is 0 Å². The van der Waals surface area contributed by atoms with Crippen LogP contribution in [0.25, 0.3) is 5.69 Å². The van der Waals surface area contributed by atoms with Crippen LogP contribution in [-0.4, -0.2) is 28.1 Å². The maximum absolute atomic E-state index is 13.5. The maximum atomic E-state index is 13.5. The minimum atomic E-state index is -4.64. The largest absolute Gasteiger partial charge is 0.418 e. The molecular weight excluding hydrogens is 449 g/mol. The number of aryl methyl sites for hydroxylation is 1. The molecule has 0 unspecified atom stereocenters. The molecule has 1 aliphatic heterocycles. The fourth-order valence-electron chi connectivity index (χ4n) is 3.83. The number of benzene rings is 2. The van der Waals surface area contributed by atoms with E-state index in [-0.39, 0.29) is 23.8 Å². The number of anilines is 1. The van der Waals surface area contributed by atoms with Crippen molar-refractivity contribution in [2.24, 2.45) is 0 Å². The van der Waals surface area contributed by atoms with Crippen molar-refractivity contribution in [3.63, 3.8) is 0 Å². The number of hydrogen-bond acceptors (Lipinski definition) is 4. The zero-order valence-corrected chi connectivity index (χ0v) is 18.2. The Kier molecular flexibility index (Phi) is 6.23. The number of halogens is 3. The maximum Gasteiger partial charge on any atom is 0.418 e. The summed E-state index contributed by atoms with van der Waals surface area (Å²) in [5, 5.41) is 6.53. The molecule has 10 heteroatoms. The molecule has 1 aromatic heterocycles. The van der Waals surface area contributed by atoms with E-state index in [4.69, 9.17) is 0 Å². The number of para-hydroxylation sites is 1. The van der Waals surface area contributed by atoms with Crippen LogP contribution in [-0.2, 0) is 17.5 Å². The topological polar surface area (TPSA) is 84.3 Å². The monoisotopic (exact) mass is 470 g/mol. The molecule has 0 aliphatic carbocycles. The van der Waals surface area contributed by atoms with Crippen molar-refractivity contribution in [1.29, 1.82) is 0 Å². The molecular formula is C24H21F3N4O3. The second-order valence-corrected chi connectivity index (χ2v) is 7.92. The molecule has 3 aromatic rings. The lowest BCUT2D eigenvalue weighted by Crippen LogP contribution is -2.32. The van der Waals surface area contributed by atoms with Crippen molar-refractivity contribution in [1.82, 2.24) is 15.1 Å². The van der Waals surface area contributed by atoms with E-state index in [1.807, 2.05) is 0 Å². The molecule has 0 bridgehead atoms. The average Bonchev–Trinajstić information content (AvgIpc) is 3.23. The summed E-state index contributed by atoms with van der Waals surface area (Å²) in [4.78, 5) is 38.6. The fourth-order valence-corrected chi connectivity index (χ4v) is 3.83. The summed E-state index contributed by atoms with van der Waals surface area (Å²) < 4.78 is 41.3. The summed E-state index contributed by atoms with van der Waals surface area (Å²) >= 11 is 0. The summed E-state index contributed by atoms with van der Waals surface area (Å²) in [6.45, 7) is 2.18. The summed E-state index contributed by atoms with van der Waals surface area (Å²) in [5.41, 5.74) is -0.779. The van der Waals surface area contributed by atoms with Gasteiger partial charge in [0.05, 0.1) is 11.3 Å². The van der Waals surface area contributed by atoms with Gasteiger partial charge in [-0.3, -0.25) is 14.4 Å². The molecule has 0 spiro atoms. The molecule has 2 aromatic carbocycles. The number of rotatable bonds is 5. The van der Waals surface area contributed by atoms with E-state index >= 15 is 0 Å². The Morgan fingerprint density at radius 3 is 2.44 bits per heavy atom. The normalized spacial score (nSPS) is 13.9. The molecule has 1 aliphatic rings. The number of aromatic nitrogens is 2. The van der Waals surface area contributed by atoms with E-state index in [2.05, 4.69) is 10.4 Å². The molecule has 4 rings (SSSR count). The molecule has 0 saturated carbocycles. The van der Waals surface area contributed by atoms with Gasteiger partial charge in [0, 0.05) is 37.0 Å². The molecule has 0 radical (unpaired) electrons.